The fourth-order valence-corrected chi connectivity index (χ4v) is 2.76. The molecule has 0 bridgehead atoms. The quantitative estimate of drug-likeness (QED) is 0.507. The fraction of sp³-hybridized carbons (Fsp3) is 0.417. The van der Waals surface area contributed by atoms with Crippen LogP contribution in [0, 0.1) is 13.8 Å². The van der Waals surface area contributed by atoms with Crippen molar-refractivity contribution in [1.29, 1.82) is 0 Å². The third-order valence-electron chi connectivity index (χ3n) is 2.86. The second-order valence-electron chi connectivity index (χ2n) is 4.37. The van der Waals surface area contributed by atoms with E-state index in [2.05, 4.69) is 9.46 Å². The molecule has 8 heteroatoms. The number of hydrogen-bond donors (Lipinski definition) is 3. The monoisotopic (exact) mass is 302 g/mol. The fourth-order valence-electron chi connectivity index (χ4n) is 1.53. The third-order valence-corrected chi connectivity index (χ3v) is 4.33. The summed E-state index contributed by atoms with van der Waals surface area (Å²) in [7, 11) is -2.81. The molecule has 0 aromatic heterocycles. The third kappa shape index (κ3) is 3.69. The first-order valence-electron chi connectivity index (χ1n) is 5.81. The van der Waals surface area contributed by atoms with Crippen LogP contribution in [0.4, 0.5) is 5.69 Å². The molecule has 1 rings (SSSR count). The van der Waals surface area contributed by atoms with Crippen molar-refractivity contribution >= 4 is 21.7 Å². The Labute approximate surface area is 117 Å². The Morgan fingerprint density at radius 1 is 1.40 bits per heavy atom. The van der Waals surface area contributed by atoms with Gasteiger partial charge in [0.2, 0.25) is 10.0 Å². The number of nitrogens with two attached hydrogens (primary N) is 1. The summed E-state index contributed by atoms with van der Waals surface area (Å²) < 4.78 is 30.6. The first-order chi connectivity index (χ1) is 9.19. The van der Waals surface area contributed by atoms with Gasteiger partial charge in [0.25, 0.3) is 0 Å². The van der Waals surface area contributed by atoms with E-state index in [0.29, 0.717) is 0 Å². The highest BCUT2D eigenvalue weighted by atomic mass is 32.2. The predicted octanol–water partition coefficient (Wildman–Crippen LogP) is -0.302. The van der Waals surface area contributed by atoms with Crippen LogP contribution in [0.25, 0.3) is 0 Å². The number of anilines is 1. The molecule has 0 amide bonds. The van der Waals surface area contributed by atoms with Crippen molar-refractivity contribution in [2.24, 2.45) is 0 Å². The molecule has 112 valence electrons. The maximum Gasteiger partial charge on any atom is 0.336 e. The molecule has 0 aliphatic heterocycles. The normalized spacial score (nSPS) is 13.0. The summed E-state index contributed by atoms with van der Waals surface area (Å²) >= 11 is 0. The van der Waals surface area contributed by atoms with Gasteiger partial charge in [-0.05, 0) is 37.1 Å². The number of aryl methyl sites for hydroxylation is 2. The number of nitrogens with one attached hydrogen (secondary N) is 1. The number of aliphatic hydroxyl groups excluding tert-OH is 1. The summed E-state index contributed by atoms with van der Waals surface area (Å²) in [6.45, 7) is 3.09. The molecule has 1 unspecified atom stereocenters. The van der Waals surface area contributed by atoms with E-state index >= 15 is 0 Å². The van der Waals surface area contributed by atoms with Gasteiger partial charge in [-0.2, -0.15) is 0 Å². The molecule has 1 aromatic carbocycles. The number of hydrogen-bond acceptors (Lipinski definition) is 6. The van der Waals surface area contributed by atoms with Crippen LogP contribution >= 0.6 is 0 Å². The molecule has 4 N–H and O–H groups in total. The van der Waals surface area contributed by atoms with Gasteiger partial charge in [0.05, 0.1) is 12.8 Å². The summed E-state index contributed by atoms with van der Waals surface area (Å²) in [4.78, 5) is 10.9. The van der Waals surface area contributed by atoms with Gasteiger partial charge in [-0.15, -0.1) is 0 Å². The van der Waals surface area contributed by atoms with Crippen molar-refractivity contribution in [3.63, 3.8) is 0 Å². The van der Waals surface area contributed by atoms with E-state index in [4.69, 9.17) is 5.73 Å². The zero-order valence-corrected chi connectivity index (χ0v) is 12.3. The number of carbonyl (C=O) groups excluding carboxylic acids is 1. The minimum Gasteiger partial charge on any atom is -0.467 e. The van der Waals surface area contributed by atoms with Crippen LogP contribution in [-0.2, 0) is 19.6 Å². The lowest BCUT2D eigenvalue weighted by molar-refractivity contribution is -0.149. The van der Waals surface area contributed by atoms with Crippen molar-refractivity contribution in [2.45, 2.75) is 24.8 Å². The van der Waals surface area contributed by atoms with Gasteiger partial charge >= 0.3 is 5.97 Å². The first kappa shape index (κ1) is 16.4. The van der Waals surface area contributed by atoms with E-state index in [9.17, 15) is 18.3 Å². The minimum atomic E-state index is -3.91. The highest BCUT2D eigenvalue weighted by Crippen LogP contribution is 2.22. The van der Waals surface area contributed by atoms with E-state index in [-0.39, 0.29) is 10.6 Å². The van der Waals surface area contributed by atoms with Crippen LogP contribution in [0.5, 0.6) is 0 Å². The molecule has 1 aromatic rings. The molecule has 0 saturated heterocycles. The molecule has 0 radical (unpaired) electrons. The second-order valence-corrected chi connectivity index (χ2v) is 6.10. The number of benzene rings is 1. The van der Waals surface area contributed by atoms with E-state index in [1.807, 2.05) is 6.92 Å². The molecule has 1 atom stereocenters. The van der Waals surface area contributed by atoms with E-state index in [0.717, 1.165) is 18.2 Å². The van der Waals surface area contributed by atoms with Crippen molar-refractivity contribution in [3.05, 3.63) is 23.3 Å². The maximum absolute atomic E-state index is 12.1. The lowest BCUT2D eigenvalue weighted by Crippen LogP contribution is -2.37. The van der Waals surface area contributed by atoms with Crippen molar-refractivity contribution in [3.8, 4) is 0 Å². The molecule has 7 nitrogen and oxygen atoms in total. The summed E-state index contributed by atoms with van der Waals surface area (Å²) in [6.07, 6.45) is -1.57. The average molecular weight is 302 g/mol. The van der Waals surface area contributed by atoms with Crippen LogP contribution < -0.4 is 10.5 Å². The lowest BCUT2D eigenvalue weighted by atomic mass is 10.1. The Hall–Kier alpha value is -1.64. The number of methoxy groups -OCH3 is 1. The Bertz CT molecular complexity index is 613. The molecule has 0 aliphatic rings. The average Bonchev–Trinajstić information content (AvgIpc) is 2.39. The van der Waals surface area contributed by atoms with Gasteiger partial charge in [-0.1, -0.05) is 0 Å². The molecule has 0 fully saturated rings. The van der Waals surface area contributed by atoms with Crippen molar-refractivity contribution in [2.75, 3.05) is 19.4 Å². The second kappa shape index (κ2) is 6.21. The number of rotatable bonds is 5. The molecule has 0 aliphatic carbocycles. The number of sulfonamides is 1. The van der Waals surface area contributed by atoms with Crippen LogP contribution in [0.1, 0.15) is 11.1 Å². The van der Waals surface area contributed by atoms with E-state index in [1.54, 1.807) is 13.0 Å². The van der Waals surface area contributed by atoms with Crippen LogP contribution in [-0.4, -0.2) is 39.3 Å². The van der Waals surface area contributed by atoms with Gasteiger partial charge in [0.1, 0.15) is 4.90 Å². The highest BCUT2D eigenvalue weighted by molar-refractivity contribution is 7.89. The number of aliphatic hydroxyl groups is 1. The largest absolute Gasteiger partial charge is 0.467 e. The van der Waals surface area contributed by atoms with E-state index in [1.165, 1.54) is 6.07 Å². The Morgan fingerprint density at radius 2 is 1.95 bits per heavy atom. The van der Waals surface area contributed by atoms with Crippen molar-refractivity contribution < 1.29 is 23.1 Å². The van der Waals surface area contributed by atoms with Gasteiger partial charge in [0, 0.05) is 6.54 Å². The Kier molecular flexibility index (Phi) is 5.09. The van der Waals surface area contributed by atoms with Crippen LogP contribution in [0.15, 0.2) is 17.0 Å². The maximum atomic E-state index is 12.1. The predicted molar refractivity (Wildman–Crippen MR) is 73.5 cm³/mol. The smallest absolute Gasteiger partial charge is 0.336 e. The van der Waals surface area contributed by atoms with Gasteiger partial charge in [-0.25, -0.2) is 17.9 Å². The minimum absolute atomic E-state index is 0.0855. The van der Waals surface area contributed by atoms with Gasteiger partial charge < -0.3 is 15.6 Å². The molecule has 0 saturated carbocycles. The summed E-state index contributed by atoms with van der Waals surface area (Å²) in [5.41, 5.74) is 7.44. The SMILES string of the molecule is COC(=O)C(O)CNS(=O)(=O)c1cc(C)c(C)cc1N. The number of nitrogen functional groups attached to an aromatic ring is 1. The van der Waals surface area contributed by atoms with E-state index < -0.39 is 28.6 Å². The summed E-state index contributed by atoms with van der Waals surface area (Å²) in [6, 6.07) is 3.00. The summed E-state index contributed by atoms with van der Waals surface area (Å²) in [5, 5.41) is 9.36. The highest BCUT2D eigenvalue weighted by Gasteiger charge is 2.22. The topological polar surface area (TPSA) is 119 Å². The Balaban J connectivity index is 2.95. The molecular weight excluding hydrogens is 284 g/mol. The summed E-state index contributed by atoms with van der Waals surface area (Å²) in [5.74, 6) is -0.916. The zero-order chi connectivity index (χ0) is 15.5. The molecule has 20 heavy (non-hydrogen) atoms. The number of carbonyl (C=O) groups is 1. The van der Waals surface area contributed by atoms with Crippen LogP contribution in [0.3, 0.4) is 0 Å². The number of esters is 1. The molecule has 0 spiro atoms. The van der Waals surface area contributed by atoms with Gasteiger partial charge in [0.15, 0.2) is 6.10 Å². The van der Waals surface area contributed by atoms with Crippen molar-refractivity contribution in [1.82, 2.24) is 4.72 Å². The first-order valence-corrected chi connectivity index (χ1v) is 7.29. The molecule has 0 heterocycles. The molecular formula is C12H18N2O5S. The standard InChI is InChI=1S/C12H18N2O5S/c1-7-4-9(13)11(5-8(7)2)20(17,18)14-6-10(15)12(16)19-3/h4-5,10,14-15H,6,13H2,1-3H3. The zero-order valence-electron chi connectivity index (χ0n) is 11.5. The lowest BCUT2D eigenvalue weighted by Gasteiger charge is -2.13. The number of ether oxygens (including phenoxy) is 1. The van der Waals surface area contributed by atoms with Gasteiger partial charge in [-0.3, -0.25) is 0 Å². The van der Waals surface area contributed by atoms with Crippen LogP contribution in [0.2, 0.25) is 0 Å². The Morgan fingerprint density at radius 3 is 2.50 bits per heavy atom.